The Labute approximate surface area is 238 Å². The first kappa shape index (κ1) is 22.4. The summed E-state index contributed by atoms with van der Waals surface area (Å²) >= 11 is 1.82. The van der Waals surface area contributed by atoms with Crippen molar-refractivity contribution in [1.29, 1.82) is 5.26 Å². The highest BCUT2D eigenvalue weighted by atomic mass is 32.1. The summed E-state index contributed by atoms with van der Waals surface area (Å²) in [4.78, 5) is 0. The highest BCUT2D eigenvalue weighted by Gasteiger charge is 2.18. The van der Waals surface area contributed by atoms with E-state index in [4.69, 9.17) is 4.42 Å². The molecule has 0 aliphatic carbocycles. The number of rotatable bonds is 2. The largest absolute Gasteiger partial charge is 0.456 e. The predicted molar refractivity (Wildman–Crippen MR) is 171 cm³/mol. The third-order valence-corrected chi connectivity index (χ3v) is 9.44. The summed E-state index contributed by atoms with van der Waals surface area (Å²) in [5.74, 6) is 0. The molecule has 0 aliphatic heterocycles. The second-order valence-corrected chi connectivity index (χ2v) is 11.5. The summed E-state index contributed by atoms with van der Waals surface area (Å²) in [6.07, 6.45) is 0. The minimum Gasteiger partial charge on any atom is -0.456 e. The summed E-state index contributed by atoms with van der Waals surface area (Å²) in [6, 6.07) is 44.8. The molecule has 0 fully saturated rings. The molecule has 0 saturated heterocycles. The molecule has 190 valence electrons. The van der Waals surface area contributed by atoms with E-state index in [-0.39, 0.29) is 0 Å². The molecule has 6 aromatic carbocycles. The number of hydrogen-bond donors (Lipinski definition) is 0. The van der Waals surface area contributed by atoms with Crippen molar-refractivity contribution in [3.8, 4) is 22.9 Å². The van der Waals surface area contributed by atoms with E-state index in [9.17, 15) is 5.26 Å². The van der Waals surface area contributed by atoms with Gasteiger partial charge in [-0.25, -0.2) is 0 Å². The summed E-state index contributed by atoms with van der Waals surface area (Å²) < 4.78 is 11.0. The van der Waals surface area contributed by atoms with Crippen LogP contribution < -0.4 is 0 Å². The number of hydrogen-bond acceptors (Lipinski definition) is 3. The molecule has 0 N–H and O–H groups in total. The van der Waals surface area contributed by atoms with Crippen LogP contribution in [0.5, 0.6) is 0 Å². The number of para-hydroxylation sites is 2. The third-order valence-electron chi connectivity index (χ3n) is 8.23. The molecule has 41 heavy (non-hydrogen) atoms. The van der Waals surface area contributed by atoms with Crippen molar-refractivity contribution in [2.24, 2.45) is 0 Å². The van der Waals surface area contributed by atoms with Crippen molar-refractivity contribution < 1.29 is 4.42 Å². The van der Waals surface area contributed by atoms with Gasteiger partial charge in [0, 0.05) is 37.0 Å². The van der Waals surface area contributed by atoms with Gasteiger partial charge in [0.25, 0.3) is 0 Å². The Morgan fingerprint density at radius 2 is 1.39 bits per heavy atom. The average Bonchev–Trinajstić information content (AvgIpc) is 3.69. The number of nitrogens with zero attached hydrogens (tertiary/aromatic N) is 2. The van der Waals surface area contributed by atoms with E-state index in [1.807, 2.05) is 41.7 Å². The molecular weight excluding hydrogens is 520 g/mol. The first-order chi connectivity index (χ1) is 20.3. The van der Waals surface area contributed by atoms with E-state index in [1.165, 1.54) is 36.7 Å². The van der Waals surface area contributed by atoms with Gasteiger partial charge in [-0.1, -0.05) is 72.8 Å². The summed E-state index contributed by atoms with van der Waals surface area (Å²) in [7, 11) is 0. The minimum atomic E-state index is 0.663. The molecule has 0 unspecified atom stereocenters. The van der Waals surface area contributed by atoms with Crippen LogP contribution in [0, 0.1) is 11.3 Å². The van der Waals surface area contributed by atoms with Crippen LogP contribution >= 0.6 is 11.3 Å². The van der Waals surface area contributed by atoms with Crippen LogP contribution in [0.3, 0.4) is 0 Å². The van der Waals surface area contributed by atoms with Gasteiger partial charge >= 0.3 is 0 Å². The van der Waals surface area contributed by atoms with Crippen molar-refractivity contribution in [2.45, 2.75) is 0 Å². The van der Waals surface area contributed by atoms with Gasteiger partial charge in [0.15, 0.2) is 0 Å². The van der Waals surface area contributed by atoms with Gasteiger partial charge in [0.1, 0.15) is 11.2 Å². The monoisotopic (exact) mass is 540 g/mol. The van der Waals surface area contributed by atoms with E-state index >= 15 is 0 Å². The van der Waals surface area contributed by atoms with Crippen LogP contribution in [0.1, 0.15) is 5.56 Å². The third kappa shape index (κ3) is 3.12. The van der Waals surface area contributed by atoms with Gasteiger partial charge in [0.05, 0.1) is 33.1 Å². The highest BCUT2D eigenvalue weighted by Crippen LogP contribution is 2.43. The first-order valence-electron chi connectivity index (χ1n) is 13.6. The molecule has 0 radical (unpaired) electrons. The van der Waals surface area contributed by atoms with E-state index in [0.717, 1.165) is 44.0 Å². The molecule has 3 nitrogen and oxygen atoms in total. The van der Waals surface area contributed by atoms with Gasteiger partial charge in [-0.05, 0) is 59.7 Å². The molecule has 9 aromatic rings. The van der Waals surface area contributed by atoms with Crippen molar-refractivity contribution >= 4 is 75.3 Å². The molecule has 4 heteroatoms. The second kappa shape index (κ2) is 8.32. The molecule has 3 aromatic heterocycles. The van der Waals surface area contributed by atoms with Crippen LogP contribution in [-0.2, 0) is 0 Å². The van der Waals surface area contributed by atoms with Crippen LogP contribution in [0.4, 0.5) is 0 Å². The molecule has 0 amide bonds. The Morgan fingerprint density at radius 3 is 2.32 bits per heavy atom. The summed E-state index contributed by atoms with van der Waals surface area (Å²) in [5.41, 5.74) is 8.16. The number of nitriles is 1. The number of thiophene rings is 1. The second-order valence-electron chi connectivity index (χ2n) is 10.4. The van der Waals surface area contributed by atoms with Gasteiger partial charge in [0.2, 0.25) is 0 Å². The van der Waals surface area contributed by atoms with Crippen LogP contribution in [0.15, 0.2) is 126 Å². The molecule has 0 aliphatic rings. The van der Waals surface area contributed by atoms with E-state index in [0.29, 0.717) is 5.56 Å². The average molecular weight is 541 g/mol. The Balaban J connectivity index is 1.32. The Bertz CT molecular complexity index is 2560. The number of furan rings is 1. The quantitative estimate of drug-likeness (QED) is 0.219. The SMILES string of the molecule is N#Cc1ccc2c3ccccc3n(-c3cccc4c3sc3ccc(-c5cccc6oc7ccccc7c56)cc34)c2c1. The Kier molecular flexibility index (Phi) is 4.55. The predicted octanol–water partition coefficient (Wildman–Crippen LogP) is 10.6. The van der Waals surface area contributed by atoms with Crippen LogP contribution in [0.2, 0.25) is 0 Å². The Morgan fingerprint density at radius 1 is 0.610 bits per heavy atom. The summed E-state index contributed by atoms with van der Waals surface area (Å²) in [6.45, 7) is 0. The van der Waals surface area contributed by atoms with Crippen LogP contribution in [-0.4, -0.2) is 4.57 Å². The van der Waals surface area contributed by atoms with Crippen molar-refractivity contribution in [2.75, 3.05) is 0 Å². The fraction of sp³-hybridized carbons (Fsp3) is 0. The number of aromatic nitrogens is 1. The lowest BCUT2D eigenvalue weighted by Crippen LogP contribution is -1.94. The van der Waals surface area contributed by atoms with E-state index in [2.05, 4.69) is 102 Å². The van der Waals surface area contributed by atoms with Crippen molar-refractivity contribution in [1.82, 2.24) is 4.57 Å². The van der Waals surface area contributed by atoms with Gasteiger partial charge in [-0.2, -0.15) is 5.26 Å². The maximum absolute atomic E-state index is 9.67. The highest BCUT2D eigenvalue weighted by molar-refractivity contribution is 7.26. The van der Waals surface area contributed by atoms with Gasteiger partial charge in [-0.15, -0.1) is 11.3 Å². The molecule has 0 bridgehead atoms. The Hall–Kier alpha value is -5.37. The van der Waals surface area contributed by atoms with E-state index in [1.54, 1.807) is 0 Å². The molecule has 3 heterocycles. The smallest absolute Gasteiger partial charge is 0.136 e. The van der Waals surface area contributed by atoms with Crippen molar-refractivity contribution in [3.63, 3.8) is 0 Å². The lowest BCUT2D eigenvalue weighted by molar-refractivity contribution is 0.669. The fourth-order valence-electron chi connectivity index (χ4n) is 6.44. The molecule has 9 rings (SSSR count). The van der Waals surface area contributed by atoms with Gasteiger partial charge in [-0.3, -0.25) is 0 Å². The summed E-state index contributed by atoms with van der Waals surface area (Å²) in [5, 5.41) is 16.8. The van der Waals surface area contributed by atoms with Gasteiger partial charge < -0.3 is 8.98 Å². The molecule has 0 spiro atoms. The number of benzene rings is 6. The topological polar surface area (TPSA) is 41.9 Å². The van der Waals surface area contributed by atoms with E-state index < -0.39 is 0 Å². The molecule has 0 atom stereocenters. The first-order valence-corrected chi connectivity index (χ1v) is 14.4. The number of fused-ring (bicyclic) bond motifs is 9. The maximum atomic E-state index is 9.67. The minimum absolute atomic E-state index is 0.663. The van der Waals surface area contributed by atoms with Crippen molar-refractivity contribution in [3.05, 3.63) is 127 Å². The fourth-order valence-corrected chi connectivity index (χ4v) is 7.63. The zero-order chi connectivity index (χ0) is 27.1. The lowest BCUT2D eigenvalue weighted by Gasteiger charge is -2.09. The zero-order valence-electron chi connectivity index (χ0n) is 21.8. The lowest BCUT2D eigenvalue weighted by atomic mass is 9.98. The normalized spacial score (nSPS) is 11.9. The van der Waals surface area contributed by atoms with Crippen LogP contribution in [0.25, 0.3) is 80.7 Å². The molecular formula is C37H20N2OS. The maximum Gasteiger partial charge on any atom is 0.136 e. The zero-order valence-corrected chi connectivity index (χ0v) is 22.6. The standard InChI is InChI=1S/C37H20N2OS/c38-21-22-15-17-26-25-7-1-3-11-30(25)39(32(26)19-22)31-12-5-10-27-29-20-23(16-18-35(29)41-37(27)31)24-9-6-14-34-36(24)28-8-2-4-13-33(28)40-34/h1-20H. The molecule has 0 saturated carbocycles.